The van der Waals surface area contributed by atoms with Crippen LogP contribution in [-0.2, 0) is 4.74 Å². The Hall–Kier alpha value is -0.810. The number of aliphatic hydroxyl groups excluding tert-OH is 1. The van der Waals surface area contributed by atoms with Crippen molar-refractivity contribution in [3.05, 3.63) is 0 Å². The summed E-state index contributed by atoms with van der Waals surface area (Å²) >= 11 is 0. The highest BCUT2D eigenvalue weighted by molar-refractivity contribution is 5.68. The first-order valence-electron chi connectivity index (χ1n) is 7.68. The van der Waals surface area contributed by atoms with Gasteiger partial charge in [0.05, 0.1) is 6.61 Å². The molecule has 5 heteroatoms. The maximum absolute atomic E-state index is 11.9. The molecule has 1 amide bonds. The van der Waals surface area contributed by atoms with Crippen molar-refractivity contribution in [3.63, 3.8) is 0 Å². The van der Waals surface area contributed by atoms with Crippen LogP contribution in [0.1, 0.15) is 47.0 Å². The van der Waals surface area contributed by atoms with Crippen LogP contribution in [-0.4, -0.2) is 54.0 Å². The largest absolute Gasteiger partial charge is 0.444 e. The molecule has 0 aromatic rings. The number of nitrogens with zero attached hydrogens (tertiary/aromatic N) is 1. The number of amides is 1. The van der Waals surface area contributed by atoms with E-state index in [9.17, 15) is 4.79 Å². The second kappa shape index (κ2) is 7.84. The summed E-state index contributed by atoms with van der Waals surface area (Å²) in [7, 11) is 0. The Bertz CT molecular complexity index is 290. The lowest BCUT2D eigenvalue weighted by molar-refractivity contribution is 0.0183. The molecular formula is C15H30N2O3. The molecule has 118 valence electrons. The minimum atomic E-state index is -0.426. The summed E-state index contributed by atoms with van der Waals surface area (Å²) in [6.45, 7) is 10.4. The molecule has 1 rings (SSSR count). The summed E-state index contributed by atoms with van der Waals surface area (Å²) < 4.78 is 5.38. The number of carbonyl (C=O) groups excluding carboxylic acids is 1. The van der Waals surface area contributed by atoms with Crippen molar-refractivity contribution in [2.75, 3.05) is 26.2 Å². The third-order valence-electron chi connectivity index (χ3n) is 3.67. The lowest BCUT2D eigenvalue weighted by Gasteiger charge is -2.34. The van der Waals surface area contributed by atoms with Gasteiger partial charge in [0.15, 0.2) is 0 Å². The summed E-state index contributed by atoms with van der Waals surface area (Å²) in [5.41, 5.74) is -0.426. The number of rotatable bonds is 5. The van der Waals surface area contributed by atoms with Gasteiger partial charge in [-0.2, -0.15) is 0 Å². The lowest BCUT2D eigenvalue weighted by Crippen LogP contribution is -2.44. The maximum atomic E-state index is 11.9. The molecule has 0 spiro atoms. The van der Waals surface area contributed by atoms with Gasteiger partial charge in [0.1, 0.15) is 5.60 Å². The summed E-state index contributed by atoms with van der Waals surface area (Å²) in [6, 6.07) is 0.193. The normalized spacial score (nSPS) is 18.9. The first-order chi connectivity index (χ1) is 9.35. The van der Waals surface area contributed by atoms with Gasteiger partial charge in [-0.15, -0.1) is 0 Å². The molecule has 1 aliphatic heterocycles. The molecule has 2 N–H and O–H groups in total. The Labute approximate surface area is 122 Å². The summed E-state index contributed by atoms with van der Waals surface area (Å²) in [5.74, 6) is 0.578. The molecule has 0 aliphatic carbocycles. The van der Waals surface area contributed by atoms with E-state index < -0.39 is 5.60 Å². The van der Waals surface area contributed by atoms with Crippen LogP contribution in [0.25, 0.3) is 0 Å². The second-order valence-corrected chi connectivity index (χ2v) is 6.61. The summed E-state index contributed by atoms with van der Waals surface area (Å²) in [4.78, 5) is 13.7. The van der Waals surface area contributed by atoms with Crippen molar-refractivity contribution in [3.8, 4) is 0 Å². The van der Waals surface area contributed by atoms with Crippen LogP contribution in [0, 0.1) is 5.92 Å². The molecule has 0 saturated carbocycles. The van der Waals surface area contributed by atoms with Crippen LogP contribution in [0.5, 0.6) is 0 Å². The van der Waals surface area contributed by atoms with E-state index in [1.54, 1.807) is 4.90 Å². The SMILES string of the molecule is CC[C@@H](CO)NCC1CCN(C(=O)OC(C)(C)C)CC1. The van der Waals surface area contributed by atoms with Crippen molar-refractivity contribution in [2.45, 2.75) is 58.6 Å². The van der Waals surface area contributed by atoms with Crippen molar-refractivity contribution in [1.82, 2.24) is 10.2 Å². The minimum Gasteiger partial charge on any atom is -0.444 e. The smallest absolute Gasteiger partial charge is 0.410 e. The van der Waals surface area contributed by atoms with Crippen molar-refractivity contribution in [1.29, 1.82) is 0 Å². The zero-order chi connectivity index (χ0) is 15.2. The van der Waals surface area contributed by atoms with Crippen molar-refractivity contribution >= 4 is 6.09 Å². The Balaban J connectivity index is 2.28. The van der Waals surface area contributed by atoms with Gasteiger partial charge in [0.25, 0.3) is 0 Å². The molecular weight excluding hydrogens is 256 g/mol. The van der Waals surface area contributed by atoms with Crippen LogP contribution >= 0.6 is 0 Å². The molecule has 1 saturated heterocycles. The van der Waals surface area contributed by atoms with Gasteiger partial charge < -0.3 is 20.1 Å². The second-order valence-electron chi connectivity index (χ2n) is 6.61. The van der Waals surface area contributed by atoms with Gasteiger partial charge in [0, 0.05) is 19.1 Å². The third-order valence-corrected chi connectivity index (χ3v) is 3.67. The molecule has 5 nitrogen and oxygen atoms in total. The van der Waals surface area contributed by atoms with Crippen LogP contribution in [0.3, 0.4) is 0 Å². The van der Waals surface area contributed by atoms with Crippen LogP contribution < -0.4 is 5.32 Å². The van der Waals surface area contributed by atoms with Gasteiger partial charge in [0.2, 0.25) is 0 Å². The minimum absolute atomic E-state index is 0.188. The number of aliphatic hydroxyl groups is 1. The fraction of sp³-hybridized carbons (Fsp3) is 0.933. The zero-order valence-corrected chi connectivity index (χ0v) is 13.3. The van der Waals surface area contributed by atoms with Gasteiger partial charge in [-0.3, -0.25) is 0 Å². The Morgan fingerprint density at radius 3 is 2.45 bits per heavy atom. The highest BCUT2D eigenvalue weighted by Gasteiger charge is 2.26. The van der Waals surface area contributed by atoms with Crippen LogP contribution in [0.4, 0.5) is 4.79 Å². The molecule has 0 aromatic heterocycles. The molecule has 0 aromatic carbocycles. The number of likely N-dealkylation sites (tertiary alicyclic amines) is 1. The number of carbonyl (C=O) groups is 1. The third kappa shape index (κ3) is 6.09. The molecule has 0 unspecified atom stereocenters. The van der Waals surface area contributed by atoms with E-state index >= 15 is 0 Å². The van der Waals surface area contributed by atoms with Gasteiger partial charge in [-0.1, -0.05) is 6.92 Å². The molecule has 1 heterocycles. The molecule has 0 radical (unpaired) electrons. The number of nitrogens with one attached hydrogen (secondary N) is 1. The molecule has 1 aliphatic rings. The summed E-state index contributed by atoms with van der Waals surface area (Å²) in [5, 5.41) is 12.5. The molecule has 1 fully saturated rings. The standard InChI is InChI=1S/C15H30N2O3/c1-5-13(11-18)16-10-12-6-8-17(9-7-12)14(19)20-15(2,3)4/h12-13,16,18H,5-11H2,1-4H3/t13-/m0/s1. The fourth-order valence-electron chi connectivity index (χ4n) is 2.32. The predicted molar refractivity (Wildman–Crippen MR) is 79.7 cm³/mol. The van der Waals surface area contributed by atoms with E-state index in [4.69, 9.17) is 9.84 Å². The van der Waals surface area contributed by atoms with E-state index in [0.717, 1.165) is 38.9 Å². The Morgan fingerprint density at radius 2 is 2.00 bits per heavy atom. The molecule has 20 heavy (non-hydrogen) atoms. The van der Waals surface area contributed by atoms with Gasteiger partial charge in [-0.25, -0.2) is 4.79 Å². The fourth-order valence-corrected chi connectivity index (χ4v) is 2.32. The monoisotopic (exact) mass is 286 g/mol. The van der Waals surface area contributed by atoms with Gasteiger partial charge in [-0.05, 0) is 52.5 Å². The van der Waals surface area contributed by atoms with E-state index in [1.165, 1.54) is 0 Å². The van der Waals surface area contributed by atoms with Crippen LogP contribution in [0.15, 0.2) is 0 Å². The Kier molecular flexibility index (Phi) is 6.76. The number of ether oxygens (including phenoxy) is 1. The number of hydrogen-bond acceptors (Lipinski definition) is 4. The maximum Gasteiger partial charge on any atom is 0.410 e. The summed E-state index contributed by atoms with van der Waals surface area (Å²) in [6.07, 6.45) is 2.72. The topological polar surface area (TPSA) is 61.8 Å². The average Bonchev–Trinajstić information content (AvgIpc) is 2.38. The van der Waals surface area contributed by atoms with E-state index in [0.29, 0.717) is 5.92 Å². The first-order valence-corrected chi connectivity index (χ1v) is 7.68. The number of hydrogen-bond donors (Lipinski definition) is 2. The predicted octanol–water partition coefficient (Wildman–Crippen LogP) is 1.99. The van der Waals surface area contributed by atoms with Crippen LogP contribution in [0.2, 0.25) is 0 Å². The van der Waals surface area contributed by atoms with E-state index in [-0.39, 0.29) is 18.7 Å². The molecule has 0 bridgehead atoms. The average molecular weight is 286 g/mol. The molecule has 1 atom stereocenters. The highest BCUT2D eigenvalue weighted by Crippen LogP contribution is 2.19. The number of piperidine rings is 1. The first kappa shape index (κ1) is 17.2. The zero-order valence-electron chi connectivity index (χ0n) is 13.3. The van der Waals surface area contributed by atoms with E-state index in [2.05, 4.69) is 12.2 Å². The van der Waals surface area contributed by atoms with E-state index in [1.807, 2.05) is 20.8 Å². The van der Waals surface area contributed by atoms with Crippen molar-refractivity contribution in [2.24, 2.45) is 5.92 Å². The quantitative estimate of drug-likeness (QED) is 0.811. The van der Waals surface area contributed by atoms with Gasteiger partial charge >= 0.3 is 6.09 Å². The lowest BCUT2D eigenvalue weighted by atomic mass is 9.96. The van der Waals surface area contributed by atoms with Crippen molar-refractivity contribution < 1.29 is 14.6 Å². The Morgan fingerprint density at radius 1 is 1.40 bits per heavy atom. The highest BCUT2D eigenvalue weighted by atomic mass is 16.6.